The number of carbonyl (C=O) groups is 1. The van der Waals surface area contributed by atoms with E-state index in [0.29, 0.717) is 31.0 Å². The molecule has 1 atom stereocenters. The number of amides is 1. The number of halogens is 2. The molecule has 1 aliphatic rings. The van der Waals surface area contributed by atoms with Crippen LogP contribution in [0.4, 0.5) is 5.82 Å². The van der Waals surface area contributed by atoms with E-state index in [-0.39, 0.29) is 43.3 Å². The zero-order chi connectivity index (χ0) is 15.8. The first kappa shape index (κ1) is 21.9. The van der Waals surface area contributed by atoms with Gasteiger partial charge in [0.1, 0.15) is 17.9 Å². The van der Waals surface area contributed by atoms with Gasteiger partial charge in [-0.05, 0) is 25.0 Å². The molecule has 1 aromatic heterocycles. The first-order valence-electron chi connectivity index (χ1n) is 7.24. The van der Waals surface area contributed by atoms with E-state index < -0.39 is 0 Å². The van der Waals surface area contributed by atoms with Crippen LogP contribution in [-0.2, 0) is 4.79 Å². The Bertz CT molecular complexity index is 595. The molecule has 1 aromatic rings. The second-order valence-corrected chi connectivity index (χ2v) is 5.02. The molecule has 130 valence electrons. The van der Waals surface area contributed by atoms with Crippen LogP contribution in [0.3, 0.4) is 0 Å². The van der Waals surface area contributed by atoms with Crippen molar-refractivity contribution >= 4 is 36.5 Å². The molecule has 0 aliphatic carbocycles. The van der Waals surface area contributed by atoms with Crippen LogP contribution in [0.1, 0.15) is 18.4 Å². The molecular formula is C15H20Cl2N6O. The van der Waals surface area contributed by atoms with Gasteiger partial charge in [-0.2, -0.15) is 10.5 Å². The fraction of sp³-hybridized carbons (Fsp3) is 0.467. The van der Waals surface area contributed by atoms with E-state index in [1.807, 2.05) is 6.07 Å². The minimum atomic E-state index is -0.268. The normalized spacial score (nSPS) is 15.4. The molecule has 1 amide bonds. The van der Waals surface area contributed by atoms with Crippen molar-refractivity contribution in [3.8, 4) is 12.1 Å². The molecule has 2 heterocycles. The molecule has 2 rings (SSSR count). The van der Waals surface area contributed by atoms with E-state index in [4.69, 9.17) is 10.5 Å². The molecule has 1 aliphatic heterocycles. The zero-order valence-electron chi connectivity index (χ0n) is 13.1. The maximum absolute atomic E-state index is 12.0. The number of rotatable bonds is 6. The number of likely N-dealkylation sites (tertiary alicyclic amines) is 1. The van der Waals surface area contributed by atoms with Gasteiger partial charge in [0.05, 0.1) is 18.2 Å². The fourth-order valence-electron chi connectivity index (χ4n) is 2.34. The number of hydrogen-bond donors (Lipinski definition) is 2. The highest BCUT2D eigenvalue weighted by Gasteiger charge is 2.27. The molecule has 2 N–H and O–H groups in total. The van der Waals surface area contributed by atoms with Crippen LogP contribution in [-0.4, -0.2) is 48.0 Å². The van der Waals surface area contributed by atoms with E-state index in [1.165, 1.54) is 6.20 Å². The number of hydrogen-bond acceptors (Lipinski definition) is 6. The van der Waals surface area contributed by atoms with Gasteiger partial charge < -0.3 is 15.5 Å². The molecule has 0 saturated carbocycles. The average molecular weight is 371 g/mol. The molecule has 1 fully saturated rings. The van der Waals surface area contributed by atoms with E-state index in [0.717, 1.165) is 12.8 Å². The Balaban J connectivity index is 0.00000264. The van der Waals surface area contributed by atoms with Crippen LogP contribution < -0.4 is 10.6 Å². The van der Waals surface area contributed by atoms with E-state index in [2.05, 4.69) is 21.7 Å². The Morgan fingerprint density at radius 2 is 2.12 bits per heavy atom. The van der Waals surface area contributed by atoms with Crippen LogP contribution in [0, 0.1) is 22.7 Å². The standard InChI is InChI=1S/C15H18N6O.2ClH/c16-8-12-3-4-14(20-10-12)19-6-5-18-11-15(22)21-7-1-2-13(21)9-17;;/h3-4,10,13,18H,1-2,5-7,11H2,(H,19,20);2*1H. The summed E-state index contributed by atoms with van der Waals surface area (Å²) in [6.07, 6.45) is 3.18. The summed E-state index contributed by atoms with van der Waals surface area (Å²) in [7, 11) is 0. The minimum absolute atomic E-state index is 0. The predicted octanol–water partition coefficient (Wildman–Crippen LogP) is 1.31. The Labute approximate surface area is 153 Å². The van der Waals surface area contributed by atoms with Gasteiger partial charge in [0, 0.05) is 25.8 Å². The third-order valence-electron chi connectivity index (χ3n) is 3.50. The topological polar surface area (TPSA) is 105 Å². The Morgan fingerprint density at radius 3 is 2.75 bits per heavy atom. The first-order chi connectivity index (χ1) is 10.7. The Kier molecular flexibility index (Phi) is 10.5. The van der Waals surface area contributed by atoms with Gasteiger partial charge in [-0.3, -0.25) is 4.79 Å². The van der Waals surface area contributed by atoms with Crippen molar-refractivity contribution in [2.45, 2.75) is 18.9 Å². The predicted molar refractivity (Wildman–Crippen MR) is 95.2 cm³/mol. The molecule has 1 saturated heterocycles. The van der Waals surface area contributed by atoms with Crippen molar-refractivity contribution in [3.05, 3.63) is 23.9 Å². The highest BCUT2D eigenvalue weighted by Crippen LogP contribution is 2.15. The van der Waals surface area contributed by atoms with Crippen LogP contribution in [0.25, 0.3) is 0 Å². The molecule has 0 radical (unpaired) electrons. The fourth-order valence-corrected chi connectivity index (χ4v) is 2.34. The van der Waals surface area contributed by atoms with Gasteiger partial charge in [0.2, 0.25) is 5.91 Å². The quantitative estimate of drug-likeness (QED) is 0.731. The molecule has 24 heavy (non-hydrogen) atoms. The Hall–Kier alpha value is -2.06. The highest BCUT2D eigenvalue weighted by atomic mass is 35.5. The molecule has 0 spiro atoms. The summed E-state index contributed by atoms with van der Waals surface area (Å²) in [6, 6.07) is 7.34. The number of nitrogens with one attached hydrogen (secondary N) is 2. The SMILES string of the molecule is Cl.Cl.N#Cc1ccc(NCCNCC(=O)N2CCCC2C#N)nc1. The van der Waals surface area contributed by atoms with Crippen molar-refractivity contribution in [1.29, 1.82) is 10.5 Å². The molecule has 7 nitrogen and oxygen atoms in total. The lowest BCUT2D eigenvalue weighted by atomic mass is 10.2. The van der Waals surface area contributed by atoms with Crippen LogP contribution >= 0.6 is 24.8 Å². The van der Waals surface area contributed by atoms with Crippen molar-refractivity contribution in [1.82, 2.24) is 15.2 Å². The van der Waals surface area contributed by atoms with Gasteiger partial charge in [-0.25, -0.2) is 4.98 Å². The number of aromatic nitrogens is 1. The van der Waals surface area contributed by atoms with Gasteiger partial charge in [0.15, 0.2) is 0 Å². The maximum Gasteiger partial charge on any atom is 0.237 e. The second-order valence-electron chi connectivity index (χ2n) is 5.02. The molecule has 0 bridgehead atoms. The lowest BCUT2D eigenvalue weighted by molar-refractivity contribution is -0.130. The number of carbonyl (C=O) groups excluding carboxylic acids is 1. The zero-order valence-corrected chi connectivity index (χ0v) is 14.7. The van der Waals surface area contributed by atoms with Gasteiger partial charge in [-0.15, -0.1) is 24.8 Å². The second kappa shape index (κ2) is 11.5. The summed E-state index contributed by atoms with van der Waals surface area (Å²) >= 11 is 0. The molecule has 0 aromatic carbocycles. The minimum Gasteiger partial charge on any atom is -0.369 e. The van der Waals surface area contributed by atoms with E-state index in [9.17, 15) is 4.79 Å². The number of pyridine rings is 1. The number of anilines is 1. The summed E-state index contributed by atoms with van der Waals surface area (Å²) in [5.41, 5.74) is 0.520. The van der Waals surface area contributed by atoms with E-state index >= 15 is 0 Å². The maximum atomic E-state index is 12.0. The third kappa shape index (κ3) is 6.21. The van der Waals surface area contributed by atoms with Crippen molar-refractivity contribution in [2.24, 2.45) is 0 Å². The first-order valence-corrected chi connectivity index (χ1v) is 7.24. The van der Waals surface area contributed by atoms with Gasteiger partial charge >= 0.3 is 0 Å². The van der Waals surface area contributed by atoms with Crippen molar-refractivity contribution in [2.75, 3.05) is 31.5 Å². The lowest BCUT2D eigenvalue weighted by Crippen LogP contribution is -2.41. The summed E-state index contributed by atoms with van der Waals surface area (Å²) in [4.78, 5) is 17.7. The summed E-state index contributed by atoms with van der Waals surface area (Å²) in [6.45, 7) is 2.14. The molecular weight excluding hydrogens is 351 g/mol. The highest BCUT2D eigenvalue weighted by molar-refractivity contribution is 5.85. The monoisotopic (exact) mass is 370 g/mol. The Morgan fingerprint density at radius 1 is 1.33 bits per heavy atom. The third-order valence-corrected chi connectivity index (χ3v) is 3.50. The van der Waals surface area contributed by atoms with Crippen LogP contribution in [0.2, 0.25) is 0 Å². The summed E-state index contributed by atoms with van der Waals surface area (Å²) in [5, 5.41) is 23.8. The van der Waals surface area contributed by atoms with Gasteiger partial charge in [-0.1, -0.05) is 0 Å². The van der Waals surface area contributed by atoms with Crippen LogP contribution in [0.5, 0.6) is 0 Å². The summed E-state index contributed by atoms with van der Waals surface area (Å²) < 4.78 is 0. The largest absolute Gasteiger partial charge is 0.369 e. The van der Waals surface area contributed by atoms with E-state index in [1.54, 1.807) is 17.0 Å². The smallest absolute Gasteiger partial charge is 0.237 e. The van der Waals surface area contributed by atoms with Gasteiger partial charge in [0.25, 0.3) is 0 Å². The van der Waals surface area contributed by atoms with Crippen molar-refractivity contribution in [3.63, 3.8) is 0 Å². The summed E-state index contributed by atoms with van der Waals surface area (Å²) in [5.74, 6) is 0.664. The van der Waals surface area contributed by atoms with Crippen molar-refractivity contribution < 1.29 is 4.79 Å². The molecule has 9 heteroatoms. The lowest BCUT2D eigenvalue weighted by Gasteiger charge is -2.19. The number of nitrogens with zero attached hydrogens (tertiary/aromatic N) is 4. The number of nitriles is 2. The average Bonchev–Trinajstić information content (AvgIpc) is 3.03. The van der Waals surface area contributed by atoms with Crippen LogP contribution in [0.15, 0.2) is 18.3 Å². The molecule has 1 unspecified atom stereocenters.